The van der Waals surface area contributed by atoms with Gasteiger partial charge in [0, 0.05) is 29.4 Å². The van der Waals surface area contributed by atoms with Crippen LogP contribution in [0.3, 0.4) is 0 Å². The molecule has 6 heteroatoms. The molecule has 2 rings (SSSR count). The molecule has 1 saturated heterocycles. The van der Waals surface area contributed by atoms with E-state index in [1.54, 1.807) is 0 Å². The molecule has 0 radical (unpaired) electrons. The highest BCUT2D eigenvalue weighted by Crippen LogP contribution is 2.16. The molecule has 25 heavy (non-hydrogen) atoms. The van der Waals surface area contributed by atoms with Gasteiger partial charge < -0.3 is 15.5 Å². The monoisotopic (exact) mass is 478 g/mol. The Kier molecular flexibility index (Phi) is 11.7. The minimum absolute atomic E-state index is 0. The molecule has 1 aliphatic rings. The Balaban J connectivity index is 0.00000312. The van der Waals surface area contributed by atoms with Crippen molar-refractivity contribution in [3.63, 3.8) is 0 Å². The van der Waals surface area contributed by atoms with Crippen molar-refractivity contribution in [2.75, 3.05) is 32.7 Å². The Hall–Kier alpha value is -0.340. The van der Waals surface area contributed by atoms with Gasteiger partial charge in [-0.2, -0.15) is 0 Å². The van der Waals surface area contributed by atoms with Crippen LogP contribution in [0.15, 0.2) is 17.1 Å². The lowest BCUT2D eigenvalue weighted by Gasteiger charge is -2.30. The van der Waals surface area contributed by atoms with Crippen LogP contribution in [0.5, 0.6) is 0 Å². The number of nitrogens with zero attached hydrogens (tertiary/aromatic N) is 2. The first kappa shape index (κ1) is 22.7. The van der Waals surface area contributed by atoms with Crippen LogP contribution in [-0.4, -0.2) is 43.6 Å². The van der Waals surface area contributed by atoms with E-state index in [-0.39, 0.29) is 24.0 Å². The molecule has 1 unspecified atom stereocenters. The highest BCUT2D eigenvalue weighted by atomic mass is 127. The molecule has 0 aromatic carbocycles. The molecule has 2 heterocycles. The van der Waals surface area contributed by atoms with Gasteiger partial charge in [0.25, 0.3) is 0 Å². The normalized spacial score (nSPS) is 18.7. The third-order valence-corrected chi connectivity index (χ3v) is 5.45. The Labute approximate surface area is 174 Å². The molecular weight excluding hydrogens is 443 g/mol. The number of aliphatic imine (C=N–C) groups is 1. The van der Waals surface area contributed by atoms with Crippen LogP contribution >= 0.6 is 35.3 Å². The number of hydrogen-bond donors (Lipinski definition) is 2. The van der Waals surface area contributed by atoms with Gasteiger partial charge in [-0.05, 0) is 70.7 Å². The number of halogens is 1. The second-order valence-electron chi connectivity index (χ2n) is 6.89. The van der Waals surface area contributed by atoms with Crippen LogP contribution in [0.1, 0.15) is 49.3 Å². The molecule has 0 amide bonds. The molecule has 1 aromatic rings. The van der Waals surface area contributed by atoms with Gasteiger partial charge in [-0.25, -0.2) is 4.99 Å². The highest BCUT2D eigenvalue weighted by molar-refractivity contribution is 14.0. The van der Waals surface area contributed by atoms with E-state index in [4.69, 9.17) is 0 Å². The Bertz CT molecular complexity index is 503. The molecule has 1 aromatic heterocycles. The Morgan fingerprint density at radius 3 is 2.84 bits per heavy atom. The van der Waals surface area contributed by atoms with E-state index in [9.17, 15) is 0 Å². The first-order chi connectivity index (χ1) is 11.7. The van der Waals surface area contributed by atoms with Crippen LogP contribution in [-0.2, 0) is 6.54 Å². The lowest BCUT2D eigenvalue weighted by molar-refractivity contribution is 0.181. The standard InChI is InChI=1S/C19H34N4S.HI/c1-4-20-19(22-14-18-10-9-17(3)24-18)21-11-5-6-12-23-13-7-8-16(2)15-23;/h9-10,16H,4-8,11-15H2,1-3H3,(H2,20,21,22);1H. The molecule has 144 valence electrons. The third-order valence-electron chi connectivity index (χ3n) is 4.47. The van der Waals surface area contributed by atoms with E-state index in [1.807, 2.05) is 11.3 Å². The first-order valence-electron chi connectivity index (χ1n) is 9.47. The number of likely N-dealkylation sites (tertiary alicyclic amines) is 1. The Morgan fingerprint density at radius 1 is 1.32 bits per heavy atom. The van der Waals surface area contributed by atoms with Gasteiger partial charge in [0.15, 0.2) is 5.96 Å². The van der Waals surface area contributed by atoms with Gasteiger partial charge in [0.1, 0.15) is 0 Å². The molecule has 0 spiro atoms. The number of guanidine groups is 1. The zero-order valence-electron chi connectivity index (χ0n) is 16.0. The number of nitrogens with one attached hydrogen (secondary N) is 2. The molecule has 0 saturated carbocycles. The van der Waals surface area contributed by atoms with Crippen molar-refractivity contribution in [3.05, 3.63) is 21.9 Å². The number of unbranched alkanes of at least 4 members (excludes halogenated alkanes) is 1. The van der Waals surface area contributed by atoms with Crippen molar-refractivity contribution in [2.45, 2.75) is 53.0 Å². The topological polar surface area (TPSA) is 39.7 Å². The average molecular weight is 478 g/mol. The summed E-state index contributed by atoms with van der Waals surface area (Å²) in [5.41, 5.74) is 0. The second-order valence-corrected chi connectivity index (χ2v) is 8.26. The number of piperidine rings is 1. The summed E-state index contributed by atoms with van der Waals surface area (Å²) < 4.78 is 0. The first-order valence-corrected chi connectivity index (χ1v) is 10.3. The lowest BCUT2D eigenvalue weighted by atomic mass is 10.0. The molecule has 1 atom stereocenters. The fourth-order valence-electron chi connectivity index (χ4n) is 3.23. The lowest BCUT2D eigenvalue weighted by Crippen LogP contribution is -2.38. The number of hydrogen-bond acceptors (Lipinski definition) is 3. The fourth-order valence-corrected chi connectivity index (χ4v) is 4.04. The van der Waals surface area contributed by atoms with E-state index in [2.05, 4.69) is 53.4 Å². The van der Waals surface area contributed by atoms with E-state index >= 15 is 0 Å². The van der Waals surface area contributed by atoms with Gasteiger partial charge in [0.05, 0.1) is 6.54 Å². The maximum Gasteiger partial charge on any atom is 0.191 e. The summed E-state index contributed by atoms with van der Waals surface area (Å²) in [7, 11) is 0. The molecule has 1 fully saturated rings. The second kappa shape index (κ2) is 12.9. The zero-order valence-corrected chi connectivity index (χ0v) is 19.2. The smallest absolute Gasteiger partial charge is 0.191 e. The maximum atomic E-state index is 4.69. The average Bonchev–Trinajstić information content (AvgIpc) is 2.98. The van der Waals surface area contributed by atoms with Crippen molar-refractivity contribution < 1.29 is 0 Å². The number of rotatable bonds is 8. The Morgan fingerprint density at radius 2 is 2.16 bits per heavy atom. The number of thiophene rings is 1. The minimum Gasteiger partial charge on any atom is -0.357 e. The summed E-state index contributed by atoms with van der Waals surface area (Å²) in [6, 6.07) is 4.34. The SMILES string of the molecule is CCNC(=NCc1ccc(C)s1)NCCCCN1CCCC(C)C1.I. The fraction of sp³-hybridized carbons (Fsp3) is 0.737. The highest BCUT2D eigenvalue weighted by Gasteiger charge is 2.15. The van der Waals surface area contributed by atoms with Crippen LogP contribution in [0, 0.1) is 12.8 Å². The van der Waals surface area contributed by atoms with E-state index < -0.39 is 0 Å². The van der Waals surface area contributed by atoms with Crippen LogP contribution in [0.2, 0.25) is 0 Å². The molecule has 2 N–H and O–H groups in total. The summed E-state index contributed by atoms with van der Waals surface area (Å²) in [4.78, 5) is 10.00. The van der Waals surface area contributed by atoms with Crippen molar-refractivity contribution in [2.24, 2.45) is 10.9 Å². The maximum absolute atomic E-state index is 4.69. The summed E-state index contributed by atoms with van der Waals surface area (Å²) in [5.74, 6) is 1.82. The summed E-state index contributed by atoms with van der Waals surface area (Å²) in [6.07, 6.45) is 5.25. The predicted octanol–water partition coefficient (Wildman–Crippen LogP) is 4.24. The van der Waals surface area contributed by atoms with Crippen molar-refractivity contribution >= 4 is 41.3 Å². The van der Waals surface area contributed by atoms with Gasteiger partial charge in [-0.1, -0.05) is 6.92 Å². The van der Waals surface area contributed by atoms with E-state index in [0.29, 0.717) is 0 Å². The molecule has 1 aliphatic heterocycles. The van der Waals surface area contributed by atoms with Gasteiger partial charge in [-0.15, -0.1) is 35.3 Å². The van der Waals surface area contributed by atoms with Crippen LogP contribution in [0.25, 0.3) is 0 Å². The zero-order chi connectivity index (χ0) is 17.2. The number of aryl methyl sites for hydroxylation is 1. The summed E-state index contributed by atoms with van der Waals surface area (Å²) in [6.45, 7) is 13.1. The van der Waals surface area contributed by atoms with E-state index in [0.717, 1.165) is 31.5 Å². The van der Waals surface area contributed by atoms with Crippen LogP contribution < -0.4 is 10.6 Å². The largest absolute Gasteiger partial charge is 0.357 e. The predicted molar refractivity (Wildman–Crippen MR) is 121 cm³/mol. The third kappa shape index (κ3) is 9.24. The van der Waals surface area contributed by atoms with Crippen LogP contribution in [0.4, 0.5) is 0 Å². The van der Waals surface area contributed by atoms with Gasteiger partial charge in [0.2, 0.25) is 0 Å². The van der Waals surface area contributed by atoms with Crippen molar-refractivity contribution in [1.29, 1.82) is 0 Å². The minimum atomic E-state index is 0. The van der Waals surface area contributed by atoms with E-state index in [1.165, 1.54) is 55.1 Å². The van der Waals surface area contributed by atoms with Gasteiger partial charge >= 0.3 is 0 Å². The van der Waals surface area contributed by atoms with Crippen molar-refractivity contribution in [1.82, 2.24) is 15.5 Å². The summed E-state index contributed by atoms with van der Waals surface area (Å²) >= 11 is 1.83. The van der Waals surface area contributed by atoms with Gasteiger partial charge in [-0.3, -0.25) is 0 Å². The quantitative estimate of drug-likeness (QED) is 0.254. The molecule has 4 nitrogen and oxygen atoms in total. The molecular formula is C19H35IN4S. The summed E-state index contributed by atoms with van der Waals surface area (Å²) in [5, 5.41) is 6.81. The van der Waals surface area contributed by atoms with Crippen molar-refractivity contribution in [3.8, 4) is 0 Å². The molecule has 0 bridgehead atoms. The molecule has 0 aliphatic carbocycles.